The van der Waals surface area contributed by atoms with Gasteiger partial charge in [0.15, 0.2) is 0 Å². The van der Waals surface area contributed by atoms with Crippen molar-refractivity contribution in [3.05, 3.63) is 95.3 Å². The van der Waals surface area contributed by atoms with E-state index in [-0.39, 0.29) is 12.1 Å². The highest BCUT2D eigenvalue weighted by Gasteiger charge is 2.17. The van der Waals surface area contributed by atoms with Gasteiger partial charge in [-0.15, -0.1) is 11.3 Å². The van der Waals surface area contributed by atoms with Gasteiger partial charge in [0.1, 0.15) is 0 Å². The number of benzene rings is 2. The average Bonchev–Trinajstić information content (AvgIpc) is 3.19. The number of aromatic nitrogens is 2. The summed E-state index contributed by atoms with van der Waals surface area (Å²) in [7, 11) is 0. The molecule has 5 nitrogen and oxygen atoms in total. The first kappa shape index (κ1) is 19.1. The fraction of sp³-hybridized carbons (Fsp3) is 0.174. The molecule has 6 heteroatoms. The number of nitrogens with zero attached hydrogens (tertiary/aromatic N) is 2. The fourth-order valence-electron chi connectivity index (χ4n) is 3.17. The molecule has 2 heterocycles. The van der Waals surface area contributed by atoms with Crippen molar-refractivity contribution < 1.29 is 4.79 Å². The van der Waals surface area contributed by atoms with Crippen LogP contribution in [0.25, 0.3) is 10.2 Å². The Kier molecular flexibility index (Phi) is 6.12. The minimum Gasteiger partial charge on any atom is -0.338 e. The van der Waals surface area contributed by atoms with Gasteiger partial charge in [0.05, 0.1) is 27.0 Å². The number of para-hydroxylation sites is 1. The molecule has 1 atom stereocenters. The van der Waals surface area contributed by atoms with Crippen molar-refractivity contribution >= 4 is 27.6 Å². The van der Waals surface area contributed by atoms with Crippen molar-refractivity contribution in [3.8, 4) is 0 Å². The van der Waals surface area contributed by atoms with Gasteiger partial charge in [-0.3, -0.25) is 4.98 Å². The number of pyridine rings is 1. The number of hydrogen-bond acceptors (Lipinski definition) is 4. The van der Waals surface area contributed by atoms with E-state index in [1.807, 2.05) is 66.7 Å². The smallest absolute Gasteiger partial charge is 0.315 e. The summed E-state index contributed by atoms with van der Waals surface area (Å²) in [5.41, 5.74) is 2.85. The maximum atomic E-state index is 12.5. The quantitative estimate of drug-likeness (QED) is 0.440. The van der Waals surface area contributed by atoms with E-state index in [0.29, 0.717) is 6.54 Å². The monoisotopic (exact) mass is 402 g/mol. The number of amides is 2. The number of hydrogen-bond donors (Lipinski definition) is 2. The molecule has 0 saturated carbocycles. The molecular weight excluding hydrogens is 380 g/mol. The van der Waals surface area contributed by atoms with Crippen molar-refractivity contribution in [1.82, 2.24) is 20.6 Å². The number of aryl methyl sites for hydroxylation is 1. The van der Waals surface area contributed by atoms with E-state index >= 15 is 0 Å². The van der Waals surface area contributed by atoms with Crippen LogP contribution in [0, 0.1) is 0 Å². The molecule has 29 heavy (non-hydrogen) atoms. The van der Waals surface area contributed by atoms with Crippen LogP contribution in [-0.2, 0) is 6.42 Å². The maximum Gasteiger partial charge on any atom is 0.315 e. The van der Waals surface area contributed by atoms with Gasteiger partial charge in [0.2, 0.25) is 0 Å². The molecule has 2 amide bonds. The number of rotatable bonds is 7. The van der Waals surface area contributed by atoms with E-state index in [2.05, 4.69) is 26.7 Å². The number of urea groups is 1. The zero-order valence-electron chi connectivity index (χ0n) is 15.9. The highest BCUT2D eigenvalue weighted by Crippen LogP contribution is 2.22. The number of fused-ring (bicyclic) bond motifs is 1. The molecular formula is C23H22N4OS. The lowest BCUT2D eigenvalue weighted by Gasteiger charge is -2.19. The second-order valence-electron chi connectivity index (χ2n) is 6.68. The largest absolute Gasteiger partial charge is 0.338 e. The second-order valence-corrected chi connectivity index (χ2v) is 7.79. The molecule has 146 valence electrons. The molecule has 0 bridgehead atoms. The van der Waals surface area contributed by atoms with Crippen molar-refractivity contribution in [2.45, 2.75) is 18.9 Å². The van der Waals surface area contributed by atoms with Gasteiger partial charge >= 0.3 is 6.03 Å². The number of carbonyl (C=O) groups is 1. The van der Waals surface area contributed by atoms with Gasteiger partial charge < -0.3 is 10.6 Å². The highest BCUT2D eigenvalue weighted by molar-refractivity contribution is 7.18. The molecule has 2 aromatic heterocycles. The zero-order chi connectivity index (χ0) is 19.9. The Balaban J connectivity index is 1.32. The molecule has 4 rings (SSSR count). The van der Waals surface area contributed by atoms with Crippen LogP contribution in [-0.4, -0.2) is 22.5 Å². The molecule has 0 aliphatic rings. The van der Waals surface area contributed by atoms with Crippen molar-refractivity contribution in [1.29, 1.82) is 0 Å². The summed E-state index contributed by atoms with van der Waals surface area (Å²) in [6.07, 6.45) is 3.43. The van der Waals surface area contributed by atoms with Crippen LogP contribution < -0.4 is 10.6 Å². The van der Waals surface area contributed by atoms with Crippen LogP contribution in [0.5, 0.6) is 0 Å². The lowest BCUT2D eigenvalue weighted by Crippen LogP contribution is -2.39. The van der Waals surface area contributed by atoms with Gasteiger partial charge in [-0.1, -0.05) is 48.5 Å². The predicted octanol–water partition coefficient (Wildman–Crippen LogP) is 4.71. The maximum absolute atomic E-state index is 12.5. The van der Waals surface area contributed by atoms with Crippen LogP contribution in [0.15, 0.2) is 79.0 Å². The van der Waals surface area contributed by atoms with Crippen LogP contribution in [0.2, 0.25) is 0 Å². The summed E-state index contributed by atoms with van der Waals surface area (Å²) in [6.45, 7) is 0.589. The highest BCUT2D eigenvalue weighted by atomic mass is 32.1. The Bertz CT molecular complexity index is 993. The number of carbonyl (C=O) groups excluding carboxylic acids is 1. The van der Waals surface area contributed by atoms with E-state index in [9.17, 15) is 4.79 Å². The minimum absolute atomic E-state index is 0.200. The first-order valence-corrected chi connectivity index (χ1v) is 10.5. The van der Waals surface area contributed by atoms with Crippen molar-refractivity contribution in [3.63, 3.8) is 0 Å². The molecule has 4 aromatic rings. The Hall–Kier alpha value is -3.25. The third-order valence-electron chi connectivity index (χ3n) is 4.58. The molecule has 2 N–H and O–H groups in total. The SMILES string of the molecule is O=C(NCCCc1nc2ccccc2s1)NC(c1ccccc1)c1ccccn1. The van der Waals surface area contributed by atoms with Crippen LogP contribution >= 0.6 is 11.3 Å². The van der Waals surface area contributed by atoms with E-state index in [1.165, 1.54) is 4.70 Å². The second kappa shape index (κ2) is 9.30. The van der Waals surface area contributed by atoms with E-state index in [4.69, 9.17) is 0 Å². The van der Waals surface area contributed by atoms with E-state index < -0.39 is 0 Å². The third-order valence-corrected chi connectivity index (χ3v) is 5.68. The Morgan fingerprint density at radius 1 is 0.966 bits per heavy atom. The number of nitrogens with one attached hydrogen (secondary N) is 2. The minimum atomic E-state index is -0.290. The summed E-state index contributed by atoms with van der Waals surface area (Å²) in [5.74, 6) is 0. The molecule has 0 fully saturated rings. The van der Waals surface area contributed by atoms with Crippen molar-refractivity contribution in [2.24, 2.45) is 0 Å². The number of thiazole rings is 1. The standard InChI is InChI=1S/C23H22N4OS/c28-23(25-16-8-14-21-26-18-11-4-5-13-20(18)29-21)27-22(17-9-2-1-3-10-17)19-12-6-7-15-24-19/h1-7,9-13,15,22H,8,14,16H2,(H2,25,27,28). The molecule has 1 unspecified atom stereocenters. The Morgan fingerprint density at radius 3 is 2.55 bits per heavy atom. The molecule has 2 aromatic carbocycles. The summed E-state index contributed by atoms with van der Waals surface area (Å²) < 4.78 is 1.20. The first-order valence-electron chi connectivity index (χ1n) is 9.64. The lowest BCUT2D eigenvalue weighted by atomic mass is 10.0. The Labute approximate surface area is 173 Å². The Morgan fingerprint density at radius 2 is 1.76 bits per heavy atom. The van der Waals surface area contributed by atoms with Crippen molar-refractivity contribution in [2.75, 3.05) is 6.54 Å². The van der Waals surface area contributed by atoms with Gasteiger partial charge in [0, 0.05) is 19.2 Å². The summed E-state index contributed by atoms with van der Waals surface area (Å²) in [6, 6.07) is 23.2. The predicted molar refractivity (Wildman–Crippen MR) is 117 cm³/mol. The fourth-order valence-corrected chi connectivity index (χ4v) is 4.18. The van der Waals surface area contributed by atoms with Gasteiger partial charge in [0.25, 0.3) is 0 Å². The molecule has 0 aliphatic carbocycles. The summed E-state index contributed by atoms with van der Waals surface area (Å²) in [4.78, 5) is 21.5. The van der Waals surface area contributed by atoms with Gasteiger partial charge in [-0.25, -0.2) is 9.78 Å². The molecule has 0 spiro atoms. The normalized spacial score (nSPS) is 11.9. The molecule has 0 aliphatic heterocycles. The zero-order valence-corrected chi connectivity index (χ0v) is 16.7. The van der Waals surface area contributed by atoms with E-state index in [1.54, 1.807) is 17.5 Å². The average molecular weight is 403 g/mol. The summed E-state index contributed by atoms with van der Waals surface area (Å²) >= 11 is 1.71. The van der Waals surface area contributed by atoms with Gasteiger partial charge in [-0.05, 0) is 36.2 Å². The first-order chi connectivity index (χ1) is 14.3. The summed E-state index contributed by atoms with van der Waals surface area (Å²) in [5, 5.41) is 7.10. The molecule has 0 radical (unpaired) electrons. The van der Waals surface area contributed by atoms with E-state index in [0.717, 1.165) is 34.6 Å². The van der Waals surface area contributed by atoms with Crippen LogP contribution in [0.4, 0.5) is 4.79 Å². The van der Waals surface area contributed by atoms with Crippen LogP contribution in [0.1, 0.15) is 28.7 Å². The molecule has 0 saturated heterocycles. The topological polar surface area (TPSA) is 66.9 Å². The third kappa shape index (κ3) is 4.97. The lowest BCUT2D eigenvalue weighted by molar-refractivity contribution is 0.238. The van der Waals surface area contributed by atoms with Gasteiger partial charge in [-0.2, -0.15) is 0 Å². The van der Waals surface area contributed by atoms with Crippen LogP contribution in [0.3, 0.4) is 0 Å².